The second-order valence-electron chi connectivity index (χ2n) is 6.58. The zero-order valence-corrected chi connectivity index (χ0v) is 15.8. The van der Waals surface area contributed by atoms with Crippen LogP contribution in [0.5, 0.6) is 0 Å². The molecular formula is C20H27N5O. The van der Waals surface area contributed by atoms with E-state index in [4.69, 9.17) is 0 Å². The fourth-order valence-electron chi connectivity index (χ4n) is 3.28. The SMILES string of the molecule is CCc1cccc(C)c1Nc1nccc(C(=O)N2CCN(CC)CC2)n1. The Balaban J connectivity index is 1.76. The van der Waals surface area contributed by atoms with Gasteiger partial charge in [-0.2, -0.15) is 0 Å². The molecule has 1 saturated heterocycles. The molecule has 138 valence electrons. The molecule has 1 aliphatic heterocycles. The summed E-state index contributed by atoms with van der Waals surface area (Å²) in [5.41, 5.74) is 3.82. The van der Waals surface area contributed by atoms with Gasteiger partial charge in [0.15, 0.2) is 0 Å². The van der Waals surface area contributed by atoms with Crippen molar-refractivity contribution in [1.29, 1.82) is 0 Å². The highest BCUT2D eigenvalue weighted by atomic mass is 16.2. The number of carbonyl (C=O) groups excluding carboxylic acids is 1. The number of aryl methyl sites for hydroxylation is 2. The van der Waals surface area contributed by atoms with Gasteiger partial charge in [-0.25, -0.2) is 9.97 Å². The molecule has 1 amide bonds. The maximum atomic E-state index is 12.8. The molecule has 0 unspecified atom stereocenters. The Morgan fingerprint density at radius 2 is 1.92 bits per heavy atom. The highest BCUT2D eigenvalue weighted by Gasteiger charge is 2.22. The lowest BCUT2D eigenvalue weighted by molar-refractivity contribution is 0.0637. The molecule has 3 rings (SSSR count). The third-order valence-electron chi connectivity index (χ3n) is 4.96. The first-order chi connectivity index (χ1) is 12.6. The van der Waals surface area contributed by atoms with Crippen LogP contribution in [0.1, 0.15) is 35.5 Å². The van der Waals surface area contributed by atoms with Gasteiger partial charge in [-0.3, -0.25) is 4.79 Å². The average molecular weight is 353 g/mol. The first kappa shape index (κ1) is 18.3. The molecule has 26 heavy (non-hydrogen) atoms. The van der Waals surface area contributed by atoms with Crippen LogP contribution in [0.2, 0.25) is 0 Å². The second-order valence-corrected chi connectivity index (χ2v) is 6.58. The van der Waals surface area contributed by atoms with E-state index in [2.05, 4.69) is 59.2 Å². The van der Waals surface area contributed by atoms with Crippen molar-refractivity contribution in [2.45, 2.75) is 27.2 Å². The second kappa shape index (κ2) is 8.27. The molecule has 2 heterocycles. The van der Waals surface area contributed by atoms with E-state index in [1.165, 1.54) is 5.56 Å². The summed E-state index contributed by atoms with van der Waals surface area (Å²) in [5.74, 6) is 0.443. The number of aromatic nitrogens is 2. The molecule has 2 aromatic rings. The zero-order chi connectivity index (χ0) is 18.5. The molecule has 6 heteroatoms. The minimum atomic E-state index is -0.0216. The van der Waals surface area contributed by atoms with Crippen molar-refractivity contribution >= 4 is 17.5 Å². The van der Waals surface area contributed by atoms with E-state index < -0.39 is 0 Å². The van der Waals surface area contributed by atoms with Crippen molar-refractivity contribution in [2.24, 2.45) is 0 Å². The number of para-hydroxylation sites is 1. The van der Waals surface area contributed by atoms with Crippen LogP contribution in [0.3, 0.4) is 0 Å². The minimum Gasteiger partial charge on any atom is -0.335 e. The Kier molecular flexibility index (Phi) is 5.83. The summed E-state index contributed by atoms with van der Waals surface area (Å²) >= 11 is 0. The Morgan fingerprint density at radius 1 is 1.15 bits per heavy atom. The highest BCUT2D eigenvalue weighted by Crippen LogP contribution is 2.24. The molecule has 0 aliphatic carbocycles. The van der Waals surface area contributed by atoms with Crippen LogP contribution in [0.25, 0.3) is 0 Å². The van der Waals surface area contributed by atoms with Crippen molar-refractivity contribution in [2.75, 3.05) is 38.0 Å². The summed E-state index contributed by atoms with van der Waals surface area (Å²) in [5, 5.41) is 3.30. The number of nitrogens with zero attached hydrogens (tertiary/aromatic N) is 4. The first-order valence-electron chi connectivity index (χ1n) is 9.32. The van der Waals surface area contributed by atoms with Gasteiger partial charge in [0.05, 0.1) is 0 Å². The van der Waals surface area contributed by atoms with Gasteiger partial charge in [0, 0.05) is 38.1 Å². The van der Waals surface area contributed by atoms with E-state index in [9.17, 15) is 4.79 Å². The number of piperazine rings is 1. The predicted octanol–water partition coefficient (Wildman–Crippen LogP) is 2.87. The number of anilines is 2. The number of rotatable bonds is 5. The maximum Gasteiger partial charge on any atom is 0.272 e. The summed E-state index contributed by atoms with van der Waals surface area (Å²) in [6, 6.07) is 7.90. The van der Waals surface area contributed by atoms with Crippen molar-refractivity contribution in [1.82, 2.24) is 19.8 Å². The highest BCUT2D eigenvalue weighted by molar-refractivity contribution is 5.92. The molecule has 1 aliphatic rings. The monoisotopic (exact) mass is 353 g/mol. The Morgan fingerprint density at radius 3 is 2.62 bits per heavy atom. The molecule has 1 aromatic carbocycles. The van der Waals surface area contributed by atoms with Crippen molar-refractivity contribution in [3.63, 3.8) is 0 Å². The summed E-state index contributed by atoms with van der Waals surface area (Å²) in [7, 11) is 0. The van der Waals surface area contributed by atoms with Gasteiger partial charge in [0.2, 0.25) is 5.95 Å². The van der Waals surface area contributed by atoms with Crippen LogP contribution in [-0.4, -0.2) is 58.4 Å². The number of hydrogen-bond donors (Lipinski definition) is 1. The van der Waals surface area contributed by atoms with Gasteiger partial charge < -0.3 is 15.1 Å². The Labute approximate surface area is 155 Å². The summed E-state index contributed by atoms with van der Waals surface area (Å²) < 4.78 is 0. The van der Waals surface area contributed by atoms with E-state index in [0.29, 0.717) is 11.6 Å². The fourth-order valence-corrected chi connectivity index (χ4v) is 3.28. The summed E-state index contributed by atoms with van der Waals surface area (Å²) in [6.45, 7) is 10.7. The zero-order valence-electron chi connectivity index (χ0n) is 15.8. The van der Waals surface area contributed by atoms with Crippen LogP contribution in [0.4, 0.5) is 11.6 Å². The Bertz CT molecular complexity index is 769. The van der Waals surface area contributed by atoms with E-state index in [0.717, 1.165) is 50.4 Å². The third-order valence-corrected chi connectivity index (χ3v) is 4.96. The molecule has 0 radical (unpaired) electrons. The molecule has 6 nitrogen and oxygen atoms in total. The van der Waals surface area contributed by atoms with Gasteiger partial charge in [-0.15, -0.1) is 0 Å². The molecule has 0 saturated carbocycles. The fraction of sp³-hybridized carbons (Fsp3) is 0.450. The molecule has 1 N–H and O–H groups in total. The molecule has 0 bridgehead atoms. The van der Waals surface area contributed by atoms with Gasteiger partial charge >= 0.3 is 0 Å². The average Bonchev–Trinajstić information content (AvgIpc) is 2.69. The summed E-state index contributed by atoms with van der Waals surface area (Å²) in [4.78, 5) is 25.8. The van der Waals surface area contributed by atoms with Crippen molar-refractivity contribution in [3.8, 4) is 0 Å². The van der Waals surface area contributed by atoms with Crippen LogP contribution in [0, 0.1) is 6.92 Å². The summed E-state index contributed by atoms with van der Waals surface area (Å²) in [6.07, 6.45) is 2.57. The van der Waals surface area contributed by atoms with Gasteiger partial charge in [0.25, 0.3) is 5.91 Å². The van der Waals surface area contributed by atoms with Crippen molar-refractivity contribution in [3.05, 3.63) is 47.3 Å². The standard InChI is InChI=1S/C20H27N5O/c1-4-16-8-6-7-15(3)18(16)23-20-21-10-9-17(22-20)19(26)25-13-11-24(5-2)12-14-25/h6-10H,4-5,11-14H2,1-3H3,(H,21,22,23). The Hall–Kier alpha value is -2.47. The van der Waals surface area contributed by atoms with Crippen molar-refractivity contribution < 1.29 is 4.79 Å². The number of carbonyl (C=O) groups is 1. The number of nitrogens with one attached hydrogen (secondary N) is 1. The van der Waals surface area contributed by atoms with E-state index in [1.54, 1.807) is 12.3 Å². The first-order valence-corrected chi connectivity index (χ1v) is 9.32. The van der Waals surface area contributed by atoms with Gasteiger partial charge in [0.1, 0.15) is 5.69 Å². The number of benzene rings is 1. The molecular weight excluding hydrogens is 326 g/mol. The van der Waals surface area contributed by atoms with Crippen LogP contribution >= 0.6 is 0 Å². The minimum absolute atomic E-state index is 0.0216. The number of likely N-dealkylation sites (N-methyl/N-ethyl adjacent to an activating group) is 1. The molecule has 0 atom stereocenters. The molecule has 1 fully saturated rings. The number of amides is 1. The third kappa shape index (κ3) is 4.02. The van der Waals surface area contributed by atoms with Gasteiger partial charge in [-0.1, -0.05) is 32.0 Å². The molecule has 0 spiro atoms. The number of hydrogen-bond acceptors (Lipinski definition) is 5. The van der Waals surface area contributed by atoms with Gasteiger partial charge in [-0.05, 0) is 37.1 Å². The van der Waals surface area contributed by atoms with E-state index >= 15 is 0 Å². The largest absolute Gasteiger partial charge is 0.335 e. The molecule has 1 aromatic heterocycles. The normalized spacial score (nSPS) is 15.1. The lowest BCUT2D eigenvalue weighted by Gasteiger charge is -2.33. The predicted molar refractivity (Wildman–Crippen MR) is 104 cm³/mol. The quantitative estimate of drug-likeness (QED) is 0.896. The van der Waals surface area contributed by atoms with E-state index in [-0.39, 0.29) is 5.91 Å². The lowest BCUT2D eigenvalue weighted by Crippen LogP contribution is -2.48. The van der Waals surface area contributed by atoms with E-state index in [1.807, 2.05) is 4.90 Å². The lowest BCUT2D eigenvalue weighted by atomic mass is 10.1. The maximum absolute atomic E-state index is 12.8. The van der Waals surface area contributed by atoms with Crippen LogP contribution in [-0.2, 0) is 6.42 Å². The smallest absolute Gasteiger partial charge is 0.272 e. The topological polar surface area (TPSA) is 61.4 Å². The van der Waals surface area contributed by atoms with Crippen LogP contribution < -0.4 is 5.32 Å². The van der Waals surface area contributed by atoms with Crippen LogP contribution in [0.15, 0.2) is 30.5 Å².